The zero-order chi connectivity index (χ0) is 18.4. The molecule has 0 bridgehead atoms. The van der Waals surface area contributed by atoms with Gasteiger partial charge >= 0.3 is 0 Å². The van der Waals surface area contributed by atoms with Crippen molar-refractivity contribution in [3.63, 3.8) is 0 Å². The second-order valence-electron chi connectivity index (χ2n) is 6.35. The number of halogens is 1. The van der Waals surface area contributed by atoms with Crippen molar-refractivity contribution < 1.29 is 9.59 Å². The fraction of sp³-hybridized carbons (Fsp3) is 0.300. The first-order chi connectivity index (χ1) is 11.9. The highest BCUT2D eigenvalue weighted by molar-refractivity contribution is 6.30. The van der Waals surface area contributed by atoms with Gasteiger partial charge in [0.1, 0.15) is 6.04 Å². The Morgan fingerprint density at radius 3 is 2.20 bits per heavy atom. The summed E-state index contributed by atoms with van der Waals surface area (Å²) in [6, 6.07) is 15.4. The quantitative estimate of drug-likeness (QED) is 0.820. The first-order valence-electron chi connectivity index (χ1n) is 8.30. The van der Waals surface area contributed by atoms with Crippen molar-refractivity contribution >= 4 is 23.4 Å². The van der Waals surface area contributed by atoms with E-state index >= 15 is 0 Å². The molecular formula is C20H23ClN2O2. The van der Waals surface area contributed by atoms with Crippen molar-refractivity contribution in [3.05, 3.63) is 70.7 Å². The van der Waals surface area contributed by atoms with Gasteiger partial charge in [-0.15, -0.1) is 0 Å². The van der Waals surface area contributed by atoms with Gasteiger partial charge in [0.05, 0.1) is 6.04 Å². The van der Waals surface area contributed by atoms with Gasteiger partial charge in [0, 0.05) is 10.6 Å². The summed E-state index contributed by atoms with van der Waals surface area (Å²) in [4.78, 5) is 25.0. The lowest BCUT2D eigenvalue weighted by Crippen LogP contribution is -2.50. The molecule has 0 fully saturated rings. The maximum absolute atomic E-state index is 12.7. The number of rotatable bonds is 6. The van der Waals surface area contributed by atoms with E-state index in [2.05, 4.69) is 10.6 Å². The van der Waals surface area contributed by atoms with Crippen LogP contribution in [0.4, 0.5) is 0 Å². The van der Waals surface area contributed by atoms with Crippen molar-refractivity contribution in [3.8, 4) is 0 Å². The molecule has 0 aliphatic rings. The van der Waals surface area contributed by atoms with Crippen LogP contribution in [0.25, 0.3) is 0 Å². The van der Waals surface area contributed by atoms with Crippen LogP contribution in [0.1, 0.15) is 42.7 Å². The number of carbonyl (C=O) groups excluding carboxylic acids is 2. The van der Waals surface area contributed by atoms with Crippen LogP contribution in [-0.2, 0) is 4.79 Å². The lowest BCUT2D eigenvalue weighted by Gasteiger charge is -2.24. The highest BCUT2D eigenvalue weighted by Gasteiger charge is 2.26. The Labute approximate surface area is 153 Å². The molecule has 0 radical (unpaired) electrons. The van der Waals surface area contributed by atoms with Gasteiger partial charge in [0.15, 0.2) is 0 Å². The van der Waals surface area contributed by atoms with E-state index in [1.54, 1.807) is 30.3 Å². The Bertz CT molecular complexity index is 731. The van der Waals surface area contributed by atoms with Crippen molar-refractivity contribution in [1.29, 1.82) is 0 Å². The zero-order valence-corrected chi connectivity index (χ0v) is 15.4. The first kappa shape index (κ1) is 19.0. The Morgan fingerprint density at radius 1 is 0.920 bits per heavy atom. The van der Waals surface area contributed by atoms with Crippen LogP contribution in [0.2, 0.25) is 5.02 Å². The van der Waals surface area contributed by atoms with Crippen LogP contribution >= 0.6 is 11.6 Å². The summed E-state index contributed by atoms with van der Waals surface area (Å²) in [5, 5.41) is 6.39. The number of nitrogens with one attached hydrogen (secondary N) is 2. The molecule has 2 atom stereocenters. The molecule has 2 unspecified atom stereocenters. The molecule has 2 aromatic rings. The maximum Gasteiger partial charge on any atom is 0.251 e. The van der Waals surface area contributed by atoms with Gasteiger partial charge in [-0.1, -0.05) is 55.8 Å². The summed E-state index contributed by atoms with van der Waals surface area (Å²) >= 11 is 6.01. The number of hydrogen-bond donors (Lipinski definition) is 2. The second-order valence-corrected chi connectivity index (χ2v) is 6.78. The van der Waals surface area contributed by atoms with E-state index in [9.17, 15) is 9.59 Å². The predicted octanol–water partition coefficient (Wildman–Crippen LogP) is 3.97. The monoisotopic (exact) mass is 358 g/mol. The first-order valence-corrected chi connectivity index (χ1v) is 8.68. The van der Waals surface area contributed by atoms with Gasteiger partial charge in [-0.2, -0.15) is 0 Å². The van der Waals surface area contributed by atoms with E-state index in [1.165, 1.54) is 0 Å². The van der Waals surface area contributed by atoms with Crippen molar-refractivity contribution in [2.45, 2.75) is 32.9 Å². The van der Waals surface area contributed by atoms with E-state index in [1.807, 2.05) is 45.0 Å². The molecule has 0 saturated carbocycles. The Balaban J connectivity index is 2.06. The molecule has 0 spiro atoms. The molecular weight excluding hydrogens is 336 g/mol. The SMILES string of the molecule is CC(NC(=O)C(NC(=O)c1ccccc1)C(C)C)c1cccc(Cl)c1. The molecule has 0 aliphatic carbocycles. The Hall–Kier alpha value is -2.33. The lowest BCUT2D eigenvalue weighted by atomic mass is 10.0. The smallest absolute Gasteiger partial charge is 0.251 e. The van der Waals surface area contributed by atoms with Crippen LogP contribution in [-0.4, -0.2) is 17.9 Å². The third kappa shape index (κ3) is 5.33. The molecule has 0 aromatic heterocycles. The second kappa shape index (κ2) is 8.67. The highest BCUT2D eigenvalue weighted by atomic mass is 35.5. The summed E-state index contributed by atoms with van der Waals surface area (Å²) < 4.78 is 0. The summed E-state index contributed by atoms with van der Waals surface area (Å²) in [6.45, 7) is 5.69. The number of amides is 2. The van der Waals surface area contributed by atoms with Gasteiger partial charge in [0.25, 0.3) is 5.91 Å². The molecule has 2 N–H and O–H groups in total. The number of hydrogen-bond acceptors (Lipinski definition) is 2. The molecule has 0 aliphatic heterocycles. The van der Waals surface area contributed by atoms with E-state index in [4.69, 9.17) is 11.6 Å². The van der Waals surface area contributed by atoms with E-state index in [0.29, 0.717) is 10.6 Å². The molecule has 2 aromatic carbocycles. The number of benzene rings is 2. The maximum atomic E-state index is 12.7. The van der Waals surface area contributed by atoms with Crippen LogP contribution in [0.5, 0.6) is 0 Å². The minimum absolute atomic E-state index is 0.0424. The van der Waals surface area contributed by atoms with Crippen LogP contribution in [0, 0.1) is 5.92 Å². The van der Waals surface area contributed by atoms with Crippen molar-refractivity contribution in [2.75, 3.05) is 0 Å². The van der Waals surface area contributed by atoms with Gasteiger partial charge in [-0.3, -0.25) is 9.59 Å². The van der Waals surface area contributed by atoms with Gasteiger partial charge < -0.3 is 10.6 Å². The molecule has 132 valence electrons. The largest absolute Gasteiger partial charge is 0.348 e. The van der Waals surface area contributed by atoms with Crippen LogP contribution in [0.15, 0.2) is 54.6 Å². The summed E-state index contributed by atoms with van der Waals surface area (Å²) in [5.74, 6) is -0.518. The van der Waals surface area contributed by atoms with Gasteiger partial charge in [-0.05, 0) is 42.7 Å². The van der Waals surface area contributed by atoms with Crippen LogP contribution in [0.3, 0.4) is 0 Å². The lowest BCUT2D eigenvalue weighted by molar-refractivity contribution is -0.124. The van der Waals surface area contributed by atoms with Crippen molar-refractivity contribution in [1.82, 2.24) is 10.6 Å². The summed E-state index contributed by atoms with van der Waals surface area (Å²) in [7, 11) is 0. The third-order valence-electron chi connectivity index (χ3n) is 3.98. The predicted molar refractivity (Wildman–Crippen MR) is 101 cm³/mol. The molecule has 4 nitrogen and oxygen atoms in total. The molecule has 2 amide bonds. The molecule has 0 heterocycles. The fourth-order valence-electron chi connectivity index (χ4n) is 2.51. The van der Waals surface area contributed by atoms with Crippen LogP contribution < -0.4 is 10.6 Å². The molecule has 5 heteroatoms. The standard InChI is InChI=1S/C20H23ClN2O2/c1-13(2)18(23-19(24)15-8-5-4-6-9-15)20(25)22-14(3)16-10-7-11-17(21)12-16/h4-14,18H,1-3H3,(H,22,25)(H,23,24). The highest BCUT2D eigenvalue weighted by Crippen LogP contribution is 2.18. The van der Waals surface area contributed by atoms with Gasteiger partial charge in [0.2, 0.25) is 5.91 Å². The Kier molecular flexibility index (Phi) is 6.59. The topological polar surface area (TPSA) is 58.2 Å². The van der Waals surface area contributed by atoms with E-state index < -0.39 is 6.04 Å². The molecule has 2 rings (SSSR count). The fourth-order valence-corrected chi connectivity index (χ4v) is 2.71. The van der Waals surface area contributed by atoms with E-state index in [0.717, 1.165) is 5.56 Å². The average molecular weight is 359 g/mol. The Morgan fingerprint density at radius 2 is 1.60 bits per heavy atom. The molecule has 0 saturated heterocycles. The van der Waals surface area contributed by atoms with Crippen molar-refractivity contribution in [2.24, 2.45) is 5.92 Å². The normalized spacial score (nSPS) is 13.2. The minimum Gasteiger partial charge on any atom is -0.348 e. The zero-order valence-electron chi connectivity index (χ0n) is 14.6. The number of carbonyl (C=O) groups is 2. The average Bonchev–Trinajstić information content (AvgIpc) is 2.59. The molecule has 25 heavy (non-hydrogen) atoms. The third-order valence-corrected chi connectivity index (χ3v) is 4.21. The minimum atomic E-state index is -0.616. The van der Waals surface area contributed by atoms with E-state index in [-0.39, 0.29) is 23.8 Å². The summed E-state index contributed by atoms with van der Waals surface area (Å²) in [6.07, 6.45) is 0. The van der Waals surface area contributed by atoms with Gasteiger partial charge in [-0.25, -0.2) is 0 Å². The summed E-state index contributed by atoms with van der Waals surface area (Å²) in [5.41, 5.74) is 1.45.